The lowest BCUT2D eigenvalue weighted by molar-refractivity contribution is 0.0950. The van der Waals surface area contributed by atoms with Crippen LogP contribution in [0.15, 0.2) is 89.9 Å². The van der Waals surface area contributed by atoms with Crippen molar-refractivity contribution in [2.45, 2.75) is 0 Å². The van der Waals surface area contributed by atoms with Crippen LogP contribution in [-0.2, 0) is 0 Å². The maximum atomic E-state index is 12.8. The first-order valence-electron chi connectivity index (χ1n) is 12.5. The van der Waals surface area contributed by atoms with Gasteiger partial charge in [-0.15, -0.1) is 0 Å². The van der Waals surface area contributed by atoms with Crippen LogP contribution in [0.3, 0.4) is 0 Å². The summed E-state index contributed by atoms with van der Waals surface area (Å²) in [6.07, 6.45) is 1.60. The third-order valence-electron chi connectivity index (χ3n) is 6.26. The van der Waals surface area contributed by atoms with Gasteiger partial charge in [-0.1, -0.05) is 24.3 Å². The van der Waals surface area contributed by atoms with Crippen LogP contribution >= 0.6 is 0 Å². The van der Waals surface area contributed by atoms with Crippen molar-refractivity contribution in [3.8, 4) is 0 Å². The van der Waals surface area contributed by atoms with Crippen LogP contribution in [-0.4, -0.2) is 53.9 Å². The molecule has 4 N–H and O–H groups in total. The van der Waals surface area contributed by atoms with E-state index in [4.69, 9.17) is 0 Å². The molecule has 3 aromatic carbocycles. The fraction of sp³-hybridized carbons (Fsp3) is 0.133. The Kier molecular flexibility index (Phi) is 7.33. The van der Waals surface area contributed by atoms with Gasteiger partial charge in [-0.2, -0.15) is 0 Å². The molecule has 0 aliphatic heterocycles. The second-order valence-corrected chi connectivity index (χ2v) is 9.38. The summed E-state index contributed by atoms with van der Waals surface area (Å²) in [5, 5.41) is 11.0. The Hall–Kier alpha value is -5.02. The highest BCUT2D eigenvalue weighted by Gasteiger charge is 2.14. The average Bonchev–Trinajstić information content (AvgIpc) is 2.93. The molecule has 0 saturated carbocycles. The number of anilines is 3. The van der Waals surface area contributed by atoms with Crippen LogP contribution in [0.1, 0.15) is 20.7 Å². The Morgan fingerprint density at radius 1 is 0.846 bits per heavy atom. The van der Waals surface area contributed by atoms with E-state index in [1.165, 1.54) is 0 Å². The fourth-order valence-corrected chi connectivity index (χ4v) is 4.32. The molecule has 0 bridgehead atoms. The number of likely N-dealkylation sites (N-methyl/N-ethyl adjacent to an activating group) is 1. The smallest absolute Gasteiger partial charge is 0.257 e. The number of carbonyl (C=O) groups excluding carboxylic acids is 2. The van der Waals surface area contributed by atoms with Gasteiger partial charge in [0.1, 0.15) is 5.65 Å². The number of nitrogens with zero attached hydrogens (tertiary/aromatic N) is 2. The number of hydrogen-bond donors (Lipinski definition) is 4. The molecule has 2 aromatic heterocycles. The molecule has 0 saturated heterocycles. The van der Waals surface area contributed by atoms with Crippen molar-refractivity contribution in [3.63, 3.8) is 0 Å². The third kappa shape index (κ3) is 5.78. The monoisotopic (exact) mass is 520 g/mol. The van der Waals surface area contributed by atoms with Crippen LogP contribution in [0.4, 0.5) is 17.1 Å². The van der Waals surface area contributed by atoms with E-state index in [1.54, 1.807) is 42.6 Å². The van der Waals surface area contributed by atoms with Crippen LogP contribution in [0.25, 0.3) is 21.8 Å². The zero-order valence-corrected chi connectivity index (χ0v) is 21.6. The van der Waals surface area contributed by atoms with E-state index in [2.05, 4.69) is 25.9 Å². The van der Waals surface area contributed by atoms with Gasteiger partial charge in [0, 0.05) is 57.9 Å². The fourth-order valence-electron chi connectivity index (χ4n) is 4.32. The first kappa shape index (κ1) is 25.6. The molecule has 0 spiro atoms. The lowest BCUT2D eigenvalue weighted by atomic mass is 10.0. The molecule has 0 radical (unpaired) electrons. The highest BCUT2D eigenvalue weighted by molar-refractivity contribution is 6.13. The van der Waals surface area contributed by atoms with E-state index in [0.717, 1.165) is 5.69 Å². The number of aromatic amines is 1. The number of H-pyrrole nitrogens is 1. The van der Waals surface area contributed by atoms with Crippen molar-refractivity contribution in [1.82, 2.24) is 20.2 Å². The molecular formula is C30H28N6O3. The Bertz CT molecular complexity index is 1730. The Morgan fingerprint density at radius 3 is 2.44 bits per heavy atom. The van der Waals surface area contributed by atoms with E-state index >= 15 is 0 Å². The van der Waals surface area contributed by atoms with Gasteiger partial charge in [0.05, 0.1) is 5.69 Å². The molecule has 5 aromatic rings. The van der Waals surface area contributed by atoms with Crippen molar-refractivity contribution in [2.75, 3.05) is 37.8 Å². The molecule has 196 valence electrons. The molecule has 5 rings (SSSR count). The van der Waals surface area contributed by atoms with E-state index in [9.17, 15) is 14.4 Å². The Morgan fingerprint density at radius 2 is 1.64 bits per heavy atom. The Labute approximate surface area is 224 Å². The number of nitrogens with one attached hydrogen (secondary N) is 4. The zero-order valence-electron chi connectivity index (χ0n) is 21.6. The highest BCUT2D eigenvalue weighted by Crippen LogP contribution is 2.31. The van der Waals surface area contributed by atoms with E-state index in [0.29, 0.717) is 57.4 Å². The molecule has 2 amide bonds. The Balaban J connectivity index is 1.49. The number of hydrogen-bond acceptors (Lipinski definition) is 6. The maximum Gasteiger partial charge on any atom is 0.257 e. The van der Waals surface area contributed by atoms with Gasteiger partial charge in [-0.05, 0) is 68.7 Å². The van der Waals surface area contributed by atoms with E-state index in [1.807, 2.05) is 61.5 Å². The van der Waals surface area contributed by atoms with Crippen molar-refractivity contribution >= 4 is 50.7 Å². The molecule has 39 heavy (non-hydrogen) atoms. The summed E-state index contributed by atoms with van der Waals surface area (Å²) in [6, 6.07) is 23.2. The maximum absolute atomic E-state index is 12.8. The van der Waals surface area contributed by atoms with Crippen molar-refractivity contribution < 1.29 is 9.59 Å². The number of amides is 2. The van der Waals surface area contributed by atoms with Gasteiger partial charge >= 0.3 is 0 Å². The summed E-state index contributed by atoms with van der Waals surface area (Å²) in [4.78, 5) is 47.4. The van der Waals surface area contributed by atoms with Crippen molar-refractivity contribution in [2.24, 2.45) is 0 Å². The lowest BCUT2D eigenvalue weighted by Gasteiger charge is -2.14. The van der Waals surface area contributed by atoms with Crippen LogP contribution in [0.5, 0.6) is 0 Å². The first-order valence-corrected chi connectivity index (χ1v) is 12.5. The standard InChI is InChI=1S/C30H28N6O3/c1-36(2)16-15-32-28(37)20-11-12-23-24(17-20)26-25(13-14-31-27(26)35-30(23)39)33-21-9-6-10-22(18-21)34-29(38)19-7-4-3-5-8-19/h3-14,17-18H,15-16H2,1-2H3,(H,32,37)(H,34,38)(H2,31,33,35,39). The minimum atomic E-state index is -0.285. The van der Waals surface area contributed by atoms with Crippen molar-refractivity contribution in [3.05, 3.63) is 107 Å². The zero-order chi connectivity index (χ0) is 27.4. The molecule has 0 aliphatic carbocycles. The van der Waals surface area contributed by atoms with Gasteiger partial charge in [0.15, 0.2) is 0 Å². The molecule has 0 fully saturated rings. The topological polar surface area (TPSA) is 119 Å². The number of aromatic nitrogens is 2. The van der Waals surface area contributed by atoms with E-state index < -0.39 is 0 Å². The largest absolute Gasteiger partial charge is 0.355 e. The third-order valence-corrected chi connectivity index (χ3v) is 6.26. The summed E-state index contributed by atoms with van der Waals surface area (Å²) in [7, 11) is 3.88. The number of benzene rings is 3. The average molecular weight is 521 g/mol. The normalized spacial score (nSPS) is 11.1. The van der Waals surface area contributed by atoms with Gasteiger partial charge in [-0.25, -0.2) is 4.98 Å². The lowest BCUT2D eigenvalue weighted by Crippen LogP contribution is -2.31. The number of pyridine rings is 2. The number of fused-ring (bicyclic) bond motifs is 3. The van der Waals surface area contributed by atoms with Crippen LogP contribution in [0, 0.1) is 0 Å². The summed E-state index contributed by atoms with van der Waals surface area (Å²) < 4.78 is 0. The molecule has 9 nitrogen and oxygen atoms in total. The quantitative estimate of drug-likeness (QED) is 0.226. The second-order valence-electron chi connectivity index (χ2n) is 9.38. The molecule has 0 unspecified atom stereocenters. The van der Waals surface area contributed by atoms with Gasteiger partial charge in [-0.3, -0.25) is 14.4 Å². The predicted octanol–water partition coefficient (Wildman–Crippen LogP) is 4.36. The van der Waals surface area contributed by atoms with Gasteiger partial charge < -0.3 is 25.8 Å². The summed E-state index contributed by atoms with van der Waals surface area (Å²) in [5.41, 5.74) is 3.18. The summed E-state index contributed by atoms with van der Waals surface area (Å²) in [6.45, 7) is 1.22. The predicted molar refractivity (Wildman–Crippen MR) is 155 cm³/mol. The molecule has 9 heteroatoms. The molecule has 2 heterocycles. The van der Waals surface area contributed by atoms with Gasteiger partial charge in [0.2, 0.25) is 0 Å². The molecular weight excluding hydrogens is 492 g/mol. The summed E-state index contributed by atoms with van der Waals surface area (Å²) in [5.74, 6) is -0.422. The second kappa shape index (κ2) is 11.2. The number of rotatable bonds is 8. The highest BCUT2D eigenvalue weighted by atomic mass is 16.2. The van der Waals surface area contributed by atoms with Crippen LogP contribution in [0.2, 0.25) is 0 Å². The first-order chi connectivity index (χ1) is 18.9. The molecule has 0 aliphatic rings. The van der Waals surface area contributed by atoms with Gasteiger partial charge in [0.25, 0.3) is 17.4 Å². The number of carbonyl (C=O) groups is 2. The van der Waals surface area contributed by atoms with E-state index in [-0.39, 0.29) is 17.4 Å². The van der Waals surface area contributed by atoms with Crippen LogP contribution < -0.4 is 21.5 Å². The minimum Gasteiger partial charge on any atom is -0.355 e. The molecule has 0 atom stereocenters. The SMILES string of the molecule is CN(C)CCNC(=O)c1ccc2c(=O)[nH]c3nccc(Nc4cccc(NC(=O)c5ccccc5)c4)c3c2c1. The minimum absolute atomic E-state index is 0.206. The van der Waals surface area contributed by atoms with Crippen molar-refractivity contribution in [1.29, 1.82) is 0 Å². The summed E-state index contributed by atoms with van der Waals surface area (Å²) >= 11 is 0.